The van der Waals surface area contributed by atoms with E-state index >= 15 is 0 Å². The molecule has 0 radical (unpaired) electrons. The zero-order valence-corrected chi connectivity index (χ0v) is 19.0. The molecule has 2 aromatic rings. The topological polar surface area (TPSA) is 40.0 Å². The van der Waals surface area contributed by atoms with Gasteiger partial charge in [0.05, 0.1) is 12.3 Å². The van der Waals surface area contributed by atoms with Gasteiger partial charge in [-0.3, -0.25) is 0 Å². The molecule has 0 aliphatic heterocycles. The van der Waals surface area contributed by atoms with Gasteiger partial charge in [0.15, 0.2) is 0 Å². The number of unbranched alkanes of at least 4 members (excludes halogenated alkanes) is 2. The zero-order chi connectivity index (χ0) is 21.8. The minimum atomic E-state index is 0.594. The molecule has 0 heterocycles. The second-order valence-corrected chi connectivity index (χ2v) is 7.49. The van der Waals surface area contributed by atoms with Crippen LogP contribution in [0.1, 0.15) is 55.4 Å². The molecule has 0 amide bonds. The van der Waals surface area contributed by atoms with Crippen LogP contribution < -0.4 is 9.47 Å². The van der Waals surface area contributed by atoms with Crippen LogP contribution in [0.4, 0.5) is 0 Å². The van der Waals surface area contributed by atoms with E-state index in [1.807, 2.05) is 38.1 Å². The van der Waals surface area contributed by atoms with Crippen molar-refractivity contribution in [1.82, 2.24) is 0 Å². The second kappa shape index (κ2) is 12.7. The first kappa shape index (κ1) is 23.5. The van der Waals surface area contributed by atoms with Crippen molar-refractivity contribution >= 4 is 5.71 Å². The van der Waals surface area contributed by atoms with Crippen molar-refractivity contribution in [2.24, 2.45) is 5.16 Å². The Morgan fingerprint density at radius 2 is 1.77 bits per heavy atom. The lowest BCUT2D eigenvalue weighted by Crippen LogP contribution is -2.02. The van der Waals surface area contributed by atoms with Crippen molar-refractivity contribution in [3.8, 4) is 11.5 Å². The molecular formula is C26H35NO3. The van der Waals surface area contributed by atoms with Crippen LogP contribution in [0, 0.1) is 13.8 Å². The summed E-state index contributed by atoms with van der Waals surface area (Å²) < 4.78 is 11.8. The number of aryl methyl sites for hydroxylation is 3. The number of ether oxygens (including phenoxy) is 2. The van der Waals surface area contributed by atoms with E-state index in [0.717, 1.165) is 66.2 Å². The molecule has 162 valence electrons. The second-order valence-electron chi connectivity index (χ2n) is 7.49. The van der Waals surface area contributed by atoms with E-state index < -0.39 is 0 Å². The molecule has 0 atom stereocenters. The molecule has 4 heteroatoms. The summed E-state index contributed by atoms with van der Waals surface area (Å²) in [5.74, 6) is 1.87. The van der Waals surface area contributed by atoms with Gasteiger partial charge in [-0.15, -0.1) is 0 Å². The van der Waals surface area contributed by atoms with Crippen LogP contribution in [-0.4, -0.2) is 26.0 Å². The molecule has 2 aromatic carbocycles. The average molecular weight is 410 g/mol. The minimum Gasteiger partial charge on any atom is -0.493 e. The lowest BCUT2D eigenvalue weighted by molar-refractivity contribution is 0.213. The van der Waals surface area contributed by atoms with E-state index in [-0.39, 0.29) is 0 Å². The molecule has 30 heavy (non-hydrogen) atoms. The van der Waals surface area contributed by atoms with Gasteiger partial charge >= 0.3 is 0 Å². The lowest BCUT2D eigenvalue weighted by atomic mass is 10.0. The van der Waals surface area contributed by atoms with Gasteiger partial charge in [0, 0.05) is 0 Å². The minimum absolute atomic E-state index is 0.594. The summed E-state index contributed by atoms with van der Waals surface area (Å²) >= 11 is 0. The number of allylic oxidation sites excluding steroid dienone is 1. The predicted molar refractivity (Wildman–Crippen MR) is 125 cm³/mol. The van der Waals surface area contributed by atoms with Crippen molar-refractivity contribution in [3.63, 3.8) is 0 Å². The first-order chi connectivity index (χ1) is 14.5. The van der Waals surface area contributed by atoms with Gasteiger partial charge in [0.25, 0.3) is 0 Å². The lowest BCUT2D eigenvalue weighted by Gasteiger charge is -2.14. The van der Waals surface area contributed by atoms with Crippen LogP contribution in [-0.2, 0) is 11.3 Å². The highest BCUT2D eigenvalue weighted by atomic mass is 16.6. The van der Waals surface area contributed by atoms with Crippen LogP contribution >= 0.6 is 0 Å². The van der Waals surface area contributed by atoms with Gasteiger partial charge in [-0.1, -0.05) is 35.5 Å². The number of rotatable bonds is 12. The molecule has 4 nitrogen and oxygen atoms in total. The third kappa shape index (κ3) is 7.58. The summed E-state index contributed by atoms with van der Waals surface area (Å²) in [5.41, 5.74) is 5.59. The monoisotopic (exact) mass is 409 g/mol. The Morgan fingerprint density at radius 1 is 1.00 bits per heavy atom. The first-order valence-corrected chi connectivity index (χ1v) is 10.7. The Morgan fingerprint density at radius 3 is 2.47 bits per heavy atom. The van der Waals surface area contributed by atoms with E-state index in [2.05, 4.69) is 43.3 Å². The normalized spacial score (nSPS) is 11.7. The largest absolute Gasteiger partial charge is 0.493 e. The molecule has 0 fully saturated rings. The fourth-order valence-electron chi connectivity index (χ4n) is 3.39. The molecule has 0 bridgehead atoms. The third-order valence-corrected chi connectivity index (χ3v) is 4.94. The standard InChI is InChI=1S/C26H35NO3/c1-6-7-15-29-25-17-20(2)26(21(3)18-25)30-16-10-8-9-12-23-13-11-14-24(19-23)22(4)27-28-5/h6-7,11,13-14,17-19H,8-10,12,15-16H2,1-5H3/b7-6+,27-22?. The summed E-state index contributed by atoms with van der Waals surface area (Å²) in [7, 11) is 1.58. The van der Waals surface area contributed by atoms with Crippen LogP contribution in [0.15, 0.2) is 53.7 Å². The van der Waals surface area contributed by atoms with Gasteiger partial charge in [-0.05, 0) is 93.8 Å². The molecule has 0 aliphatic rings. The Labute approximate surface area is 181 Å². The number of nitrogens with zero attached hydrogens (tertiary/aromatic N) is 1. The maximum absolute atomic E-state index is 6.08. The molecule has 0 aromatic heterocycles. The molecule has 0 N–H and O–H groups in total. The fourth-order valence-corrected chi connectivity index (χ4v) is 3.39. The van der Waals surface area contributed by atoms with Crippen molar-refractivity contribution in [1.29, 1.82) is 0 Å². The van der Waals surface area contributed by atoms with Gasteiger partial charge in [0.2, 0.25) is 0 Å². The Balaban J connectivity index is 1.75. The molecule has 0 saturated heterocycles. The van der Waals surface area contributed by atoms with Gasteiger partial charge < -0.3 is 14.3 Å². The molecule has 0 unspecified atom stereocenters. The smallest absolute Gasteiger partial charge is 0.125 e. The van der Waals surface area contributed by atoms with E-state index in [9.17, 15) is 0 Å². The van der Waals surface area contributed by atoms with Crippen LogP contribution in [0.3, 0.4) is 0 Å². The average Bonchev–Trinajstić information content (AvgIpc) is 2.73. The predicted octanol–water partition coefficient (Wildman–Crippen LogP) is 6.42. The molecule has 0 aliphatic carbocycles. The van der Waals surface area contributed by atoms with Crippen molar-refractivity contribution in [2.75, 3.05) is 20.3 Å². The maximum Gasteiger partial charge on any atom is 0.125 e. The Bertz CT molecular complexity index is 832. The van der Waals surface area contributed by atoms with Gasteiger partial charge in [-0.25, -0.2) is 0 Å². The molecule has 0 saturated carbocycles. The van der Waals surface area contributed by atoms with Crippen molar-refractivity contribution < 1.29 is 14.3 Å². The van der Waals surface area contributed by atoms with Crippen molar-refractivity contribution in [3.05, 3.63) is 70.8 Å². The highest BCUT2D eigenvalue weighted by molar-refractivity contribution is 5.98. The summed E-state index contributed by atoms with van der Waals surface area (Å²) in [4.78, 5) is 4.87. The van der Waals surface area contributed by atoms with Crippen molar-refractivity contribution in [2.45, 2.75) is 53.4 Å². The first-order valence-electron chi connectivity index (χ1n) is 10.7. The molecule has 0 spiro atoms. The molecular weight excluding hydrogens is 374 g/mol. The number of oxime groups is 1. The van der Waals surface area contributed by atoms with E-state index in [4.69, 9.17) is 14.3 Å². The number of hydrogen-bond acceptors (Lipinski definition) is 4. The number of hydrogen-bond donors (Lipinski definition) is 0. The number of benzene rings is 2. The van der Waals surface area contributed by atoms with E-state index in [1.54, 1.807) is 7.11 Å². The van der Waals surface area contributed by atoms with Gasteiger partial charge in [0.1, 0.15) is 25.2 Å². The molecule has 2 rings (SSSR count). The summed E-state index contributed by atoms with van der Waals surface area (Å²) in [5, 5.41) is 4.01. The Hall–Kier alpha value is -2.75. The Kier molecular flexibility index (Phi) is 9.99. The highest BCUT2D eigenvalue weighted by Crippen LogP contribution is 2.28. The van der Waals surface area contributed by atoms with Crippen LogP contribution in [0.25, 0.3) is 0 Å². The summed E-state index contributed by atoms with van der Waals surface area (Å²) in [6.07, 6.45) is 8.37. The van der Waals surface area contributed by atoms with Gasteiger partial charge in [-0.2, -0.15) is 0 Å². The van der Waals surface area contributed by atoms with Crippen LogP contribution in [0.2, 0.25) is 0 Å². The van der Waals surface area contributed by atoms with E-state index in [1.165, 1.54) is 5.56 Å². The summed E-state index contributed by atoms with van der Waals surface area (Å²) in [6, 6.07) is 12.6. The van der Waals surface area contributed by atoms with E-state index in [0.29, 0.717) is 6.61 Å². The van der Waals surface area contributed by atoms with Crippen LogP contribution in [0.5, 0.6) is 11.5 Å². The fraction of sp³-hybridized carbons (Fsp3) is 0.423. The summed E-state index contributed by atoms with van der Waals surface area (Å²) in [6.45, 7) is 9.44. The quantitative estimate of drug-likeness (QED) is 0.176. The highest BCUT2D eigenvalue weighted by Gasteiger charge is 2.07. The maximum atomic E-state index is 6.08. The zero-order valence-electron chi connectivity index (χ0n) is 19.0. The third-order valence-electron chi connectivity index (χ3n) is 4.94. The SMILES string of the molecule is C/C=C/COc1cc(C)c(OCCCCCc2cccc(C(C)=NOC)c2)c(C)c1.